The lowest BCUT2D eigenvalue weighted by molar-refractivity contribution is 0.449. The summed E-state index contributed by atoms with van der Waals surface area (Å²) in [6, 6.07) is 9.60. The van der Waals surface area contributed by atoms with Gasteiger partial charge in [-0.15, -0.1) is 0 Å². The zero-order chi connectivity index (χ0) is 11.5. The molecule has 0 saturated heterocycles. The molecule has 3 nitrogen and oxygen atoms in total. The molecule has 0 bridgehead atoms. The second kappa shape index (κ2) is 5.14. The number of hydrazine groups is 1. The minimum atomic E-state index is -0.165. The Balaban J connectivity index is 2.40. The molecule has 1 heterocycles. The van der Waals surface area contributed by atoms with Crippen LogP contribution in [0.1, 0.15) is 17.4 Å². The van der Waals surface area contributed by atoms with Gasteiger partial charge in [-0.1, -0.05) is 28.1 Å². The van der Waals surface area contributed by atoms with Crippen molar-refractivity contribution in [3.05, 3.63) is 56.9 Å². The summed E-state index contributed by atoms with van der Waals surface area (Å²) in [6.45, 7) is 0. The first-order chi connectivity index (χ1) is 7.72. The van der Waals surface area contributed by atoms with E-state index in [0.717, 1.165) is 20.3 Å². The number of rotatable bonds is 3. The average molecular weight is 346 g/mol. The normalized spacial score (nSPS) is 12.7. The molecular formula is C11H10Br2N2O. The fourth-order valence-electron chi connectivity index (χ4n) is 1.52. The lowest BCUT2D eigenvalue weighted by atomic mass is 10.1. The Kier molecular flexibility index (Phi) is 3.81. The SMILES string of the molecule is NNC(c1cccc(Br)c1)c1occc1Br. The van der Waals surface area contributed by atoms with E-state index in [1.807, 2.05) is 30.3 Å². The van der Waals surface area contributed by atoms with Crippen LogP contribution >= 0.6 is 31.9 Å². The van der Waals surface area contributed by atoms with Crippen molar-refractivity contribution in [2.24, 2.45) is 5.84 Å². The number of hydrogen-bond acceptors (Lipinski definition) is 3. The lowest BCUT2D eigenvalue weighted by Crippen LogP contribution is -2.28. The van der Waals surface area contributed by atoms with Crippen molar-refractivity contribution in [2.45, 2.75) is 6.04 Å². The Hall–Kier alpha value is -0.620. The average Bonchev–Trinajstić information content (AvgIpc) is 2.67. The molecule has 0 saturated carbocycles. The Morgan fingerprint density at radius 3 is 2.62 bits per heavy atom. The third-order valence-electron chi connectivity index (χ3n) is 2.26. The van der Waals surface area contributed by atoms with Gasteiger partial charge in [-0.2, -0.15) is 0 Å². The van der Waals surface area contributed by atoms with E-state index in [-0.39, 0.29) is 6.04 Å². The number of benzene rings is 1. The smallest absolute Gasteiger partial charge is 0.140 e. The van der Waals surface area contributed by atoms with E-state index in [1.54, 1.807) is 6.26 Å². The number of furan rings is 1. The molecule has 0 aliphatic rings. The number of hydrogen-bond donors (Lipinski definition) is 2. The van der Waals surface area contributed by atoms with Crippen molar-refractivity contribution in [1.82, 2.24) is 5.43 Å². The van der Waals surface area contributed by atoms with Crippen LogP contribution < -0.4 is 11.3 Å². The molecule has 16 heavy (non-hydrogen) atoms. The molecular weight excluding hydrogens is 336 g/mol. The molecule has 1 unspecified atom stereocenters. The van der Waals surface area contributed by atoms with Gasteiger partial charge in [0, 0.05) is 4.47 Å². The highest BCUT2D eigenvalue weighted by atomic mass is 79.9. The van der Waals surface area contributed by atoms with Gasteiger partial charge < -0.3 is 4.42 Å². The van der Waals surface area contributed by atoms with Gasteiger partial charge in [0.15, 0.2) is 0 Å². The van der Waals surface area contributed by atoms with Crippen LogP contribution in [0.2, 0.25) is 0 Å². The van der Waals surface area contributed by atoms with Crippen LogP contribution in [0.4, 0.5) is 0 Å². The van der Waals surface area contributed by atoms with E-state index in [0.29, 0.717) is 0 Å². The van der Waals surface area contributed by atoms with Gasteiger partial charge in [-0.25, -0.2) is 5.43 Å². The Morgan fingerprint density at radius 2 is 2.06 bits per heavy atom. The zero-order valence-corrected chi connectivity index (χ0v) is 11.5. The topological polar surface area (TPSA) is 51.2 Å². The molecule has 84 valence electrons. The van der Waals surface area contributed by atoms with Crippen LogP contribution in [-0.4, -0.2) is 0 Å². The number of nitrogens with one attached hydrogen (secondary N) is 1. The third kappa shape index (κ3) is 2.38. The van der Waals surface area contributed by atoms with E-state index < -0.39 is 0 Å². The van der Waals surface area contributed by atoms with E-state index in [9.17, 15) is 0 Å². The summed E-state index contributed by atoms with van der Waals surface area (Å²) >= 11 is 6.85. The van der Waals surface area contributed by atoms with Crippen molar-refractivity contribution >= 4 is 31.9 Å². The van der Waals surface area contributed by atoms with Crippen LogP contribution in [0.25, 0.3) is 0 Å². The molecule has 1 atom stereocenters. The van der Waals surface area contributed by atoms with Crippen molar-refractivity contribution < 1.29 is 4.42 Å². The van der Waals surface area contributed by atoms with Gasteiger partial charge in [0.2, 0.25) is 0 Å². The molecule has 1 aromatic carbocycles. The minimum Gasteiger partial charge on any atom is -0.466 e. The lowest BCUT2D eigenvalue weighted by Gasteiger charge is -2.14. The van der Waals surface area contributed by atoms with Crippen molar-refractivity contribution in [1.29, 1.82) is 0 Å². The predicted molar refractivity (Wildman–Crippen MR) is 69.7 cm³/mol. The molecule has 0 radical (unpaired) electrons. The number of halogens is 2. The fourth-order valence-corrected chi connectivity index (χ4v) is 2.37. The molecule has 0 spiro atoms. The molecule has 2 rings (SSSR count). The standard InChI is InChI=1S/C11H10Br2N2O/c12-8-3-1-2-7(6-8)10(15-14)11-9(13)4-5-16-11/h1-6,10,15H,14H2. The van der Waals surface area contributed by atoms with Crippen LogP contribution in [0.5, 0.6) is 0 Å². The predicted octanol–water partition coefficient (Wildman–Crippen LogP) is 3.36. The number of nitrogens with two attached hydrogens (primary N) is 1. The van der Waals surface area contributed by atoms with Crippen molar-refractivity contribution in [3.8, 4) is 0 Å². The van der Waals surface area contributed by atoms with Crippen molar-refractivity contribution in [3.63, 3.8) is 0 Å². The maximum Gasteiger partial charge on any atom is 0.140 e. The second-order valence-corrected chi connectivity index (χ2v) is 5.06. The first-order valence-corrected chi connectivity index (χ1v) is 6.25. The largest absolute Gasteiger partial charge is 0.466 e. The Morgan fingerprint density at radius 1 is 1.25 bits per heavy atom. The Labute approximate surface area is 110 Å². The van der Waals surface area contributed by atoms with Crippen molar-refractivity contribution in [2.75, 3.05) is 0 Å². The molecule has 1 aromatic heterocycles. The van der Waals surface area contributed by atoms with E-state index >= 15 is 0 Å². The maximum atomic E-state index is 5.57. The fraction of sp³-hybridized carbons (Fsp3) is 0.0909. The summed E-state index contributed by atoms with van der Waals surface area (Å²) in [5, 5.41) is 0. The monoisotopic (exact) mass is 344 g/mol. The molecule has 0 aliphatic carbocycles. The third-order valence-corrected chi connectivity index (χ3v) is 3.40. The van der Waals surface area contributed by atoms with Crippen LogP contribution in [0.3, 0.4) is 0 Å². The summed E-state index contributed by atoms with van der Waals surface area (Å²) in [7, 11) is 0. The van der Waals surface area contributed by atoms with Gasteiger partial charge in [0.25, 0.3) is 0 Å². The minimum absolute atomic E-state index is 0.165. The van der Waals surface area contributed by atoms with Gasteiger partial charge in [-0.3, -0.25) is 5.84 Å². The Bertz CT molecular complexity index is 484. The van der Waals surface area contributed by atoms with Crippen LogP contribution in [-0.2, 0) is 0 Å². The van der Waals surface area contributed by atoms with E-state index in [2.05, 4.69) is 37.3 Å². The highest BCUT2D eigenvalue weighted by Crippen LogP contribution is 2.29. The first-order valence-electron chi connectivity index (χ1n) is 4.67. The van der Waals surface area contributed by atoms with Crippen LogP contribution in [0, 0.1) is 0 Å². The molecule has 2 aromatic rings. The highest BCUT2D eigenvalue weighted by Gasteiger charge is 2.18. The van der Waals surface area contributed by atoms with E-state index in [1.165, 1.54) is 0 Å². The van der Waals surface area contributed by atoms with Gasteiger partial charge in [0.05, 0.1) is 10.7 Å². The first kappa shape index (κ1) is 11.9. The summed E-state index contributed by atoms with van der Waals surface area (Å²) in [5.41, 5.74) is 3.78. The molecule has 0 fully saturated rings. The molecule has 3 N–H and O–H groups in total. The van der Waals surface area contributed by atoms with Gasteiger partial charge in [0.1, 0.15) is 11.8 Å². The van der Waals surface area contributed by atoms with Gasteiger partial charge >= 0.3 is 0 Å². The maximum absolute atomic E-state index is 5.57. The quantitative estimate of drug-likeness (QED) is 0.662. The second-order valence-electron chi connectivity index (χ2n) is 3.29. The summed E-state index contributed by atoms with van der Waals surface area (Å²) < 4.78 is 7.31. The summed E-state index contributed by atoms with van der Waals surface area (Å²) in [4.78, 5) is 0. The molecule has 0 aliphatic heterocycles. The molecule has 5 heteroatoms. The highest BCUT2D eigenvalue weighted by molar-refractivity contribution is 9.10. The zero-order valence-electron chi connectivity index (χ0n) is 8.28. The molecule has 0 amide bonds. The summed E-state index contributed by atoms with van der Waals surface area (Å²) in [6.07, 6.45) is 1.63. The summed E-state index contributed by atoms with van der Waals surface area (Å²) in [5.74, 6) is 6.33. The van der Waals surface area contributed by atoms with E-state index in [4.69, 9.17) is 10.3 Å². The van der Waals surface area contributed by atoms with Crippen LogP contribution in [0.15, 0.2) is 50.0 Å². The van der Waals surface area contributed by atoms with Gasteiger partial charge in [-0.05, 0) is 39.7 Å².